The SMILES string of the molecule is [2H]c1c([2H])c([2H])c(C2(c3c([2H])c([2H])c4c([2H])c([2H])c([2H])c([2H])c4c3[2H])c3c([2H])c([2H])c([2H])c([2H])c3-c3c([2H])c([2H])c(-c4c([2H])c5c(c(C)c4C)Oc4c(C)c([2H])c([2H])c6c([2H])c([2H])c([2H])c-5c46)c([2H])c32)c([2H])c1[2H]. The van der Waals surface area contributed by atoms with Crippen LogP contribution in [0, 0.1) is 20.8 Å². The van der Waals surface area contributed by atoms with Gasteiger partial charge in [-0.15, -0.1) is 0 Å². The maximum absolute atomic E-state index is 10.5. The fourth-order valence-corrected chi connectivity index (χ4v) is 6.86. The van der Waals surface area contributed by atoms with E-state index in [1.165, 1.54) is 20.8 Å². The fraction of sp³-hybridized carbons (Fsp3) is 0.0833. The molecule has 0 saturated heterocycles. The van der Waals surface area contributed by atoms with Crippen LogP contribution in [-0.2, 0) is 5.41 Å². The minimum Gasteiger partial charge on any atom is -0.455 e. The third-order valence-electron chi connectivity index (χ3n) is 9.28. The van der Waals surface area contributed by atoms with Crippen molar-refractivity contribution in [3.05, 3.63) is 190 Å². The molecular weight excluding hydrogens is 593 g/mol. The highest BCUT2D eigenvalue weighted by Gasteiger charge is 2.46. The number of rotatable bonds is 3. The summed E-state index contributed by atoms with van der Waals surface area (Å²) in [6.45, 7) is 4.46. The van der Waals surface area contributed by atoms with E-state index in [0.29, 0.717) is 0 Å². The molecule has 0 spiro atoms. The molecular formula is C48H34O. The Morgan fingerprint density at radius 2 is 1.16 bits per heavy atom. The van der Waals surface area contributed by atoms with Gasteiger partial charge in [-0.1, -0.05) is 133 Å². The molecule has 8 aromatic carbocycles. The molecule has 0 bridgehead atoms. The number of ether oxygens (including phenoxy) is 1. The van der Waals surface area contributed by atoms with E-state index in [2.05, 4.69) is 0 Å². The molecule has 0 fully saturated rings. The van der Waals surface area contributed by atoms with Crippen molar-refractivity contribution in [2.24, 2.45) is 0 Å². The van der Waals surface area contributed by atoms with Crippen molar-refractivity contribution in [3.63, 3.8) is 0 Å². The molecule has 0 N–H and O–H groups in total. The standard InChI is InChI=1S/C48H34O/c1-29-20-21-33-14-11-18-40-42-28-41(30(2)31(3)47(42)49-46(29)45(33)40)35-23-25-39-38-17-9-10-19-43(38)48(44(39)27-35,36-15-5-4-6-16-36)37-24-22-32-12-7-8-13-34(32)26-37/h4-28H,1-3H3/i4D,5D,6D,7D,8D,9D,10D,11D,12D,13D,14D,15D,16D,17D,18D,19D,20D,21D,22D,23D,24D,25D,26D,27D,28D. The lowest BCUT2D eigenvalue weighted by Gasteiger charge is -2.34. The summed E-state index contributed by atoms with van der Waals surface area (Å²) >= 11 is 0. The Morgan fingerprint density at radius 1 is 0.449 bits per heavy atom. The molecule has 10 rings (SSSR count). The van der Waals surface area contributed by atoms with Crippen molar-refractivity contribution < 1.29 is 39.0 Å². The second kappa shape index (κ2) is 10.3. The van der Waals surface area contributed by atoms with Crippen LogP contribution in [0.5, 0.6) is 11.5 Å². The van der Waals surface area contributed by atoms with Crippen LogP contribution in [0.15, 0.2) is 151 Å². The molecule has 232 valence electrons. The zero-order chi connectivity index (χ0) is 54.6. The summed E-state index contributed by atoms with van der Waals surface area (Å²) in [5.41, 5.74) is -8.99. The van der Waals surface area contributed by atoms with Crippen LogP contribution in [0.25, 0.3) is 54.9 Å². The summed E-state index contributed by atoms with van der Waals surface area (Å²) in [6, 6.07) is -22.0. The van der Waals surface area contributed by atoms with E-state index in [1.54, 1.807) is 0 Å². The number of hydrogen-bond acceptors (Lipinski definition) is 1. The molecule has 0 saturated carbocycles. The molecule has 1 aliphatic carbocycles. The van der Waals surface area contributed by atoms with Crippen molar-refractivity contribution in [3.8, 4) is 44.9 Å². The summed E-state index contributed by atoms with van der Waals surface area (Å²) in [6.07, 6.45) is 0. The summed E-state index contributed by atoms with van der Waals surface area (Å²) in [5.74, 6) is -0.104. The van der Waals surface area contributed by atoms with E-state index in [9.17, 15) is 16.4 Å². The van der Waals surface area contributed by atoms with Gasteiger partial charge in [0.25, 0.3) is 0 Å². The highest BCUT2D eigenvalue weighted by molar-refractivity contribution is 6.06. The molecule has 1 heterocycles. The molecule has 1 unspecified atom stereocenters. The van der Waals surface area contributed by atoms with Crippen LogP contribution in [0.2, 0.25) is 0 Å². The number of fused-ring (bicyclic) bond motifs is 6. The minimum absolute atomic E-state index is 0.0269. The van der Waals surface area contributed by atoms with Crippen LogP contribution in [0.4, 0.5) is 0 Å². The van der Waals surface area contributed by atoms with Crippen molar-refractivity contribution >= 4 is 21.5 Å². The Morgan fingerprint density at radius 3 is 2.04 bits per heavy atom. The average Bonchev–Trinajstić information content (AvgIpc) is 3.68. The van der Waals surface area contributed by atoms with Crippen molar-refractivity contribution in [1.82, 2.24) is 0 Å². The average molecular weight is 652 g/mol. The lowest BCUT2D eigenvalue weighted by molar-refractivity contribution is 0.479. The minimum atomic E-state index is -3.18. The van der Waals surface area contributed by atoms with Crippen LogP contribution in [0.1, 0.15) is 73.2 Å². The molecule has 1 heteroatoms. The molecule has 1 nitrogen and oxygen atoms in total. The van der Waals surface area contributed by atoms with E-state index in [-0.39, 0.29) is 61.7 Å². The molecule has 1 atom stereocenters. The quantitative estimate of drug-likeness (QED) is 0.185. The van der Waals surface area contributed by atoms with Gasteiger partial charge in [0.1, 0.15) is 11.5 Å². The zero-order valence-electron chi connectivity index (χ0n) is 50.9. The summed E-state index contributed by atoms with van der Waals surface area (Å²) in [5, 5.41) is -1.67. The Labute approximate surface area is 322 Å². The predicted octanol–water partition coefficient (Wildman–Crippen LogP) is 12.7. The maximum Gasteiger partial charge on any atom is 0.138 e. The van der Waals surface area contributed by atoms with E-state index >= 15 is 0 Å². The van der Waals surface area contributed by atoms with Gasteiger partial charge in [0.15, 0.2) is 0 Å². The van der Waals surface area contributed by atoms with Crippen LogP contribution >= 0.6 is 0 Å². The molecule has 0 radical (unpaired) electrons. The van der Waals surface area contributed by atoms with Gasteiger partial charge in [0, 0.05) is 10.9 Å². The first-order chi connectivity index (χ1) is 34.5. The third kappa shape index (κ3) is 3.82. The fourth-order valence-electron chi connectivity index (χ4n) is 6.86. The Bertz CT molecular complexity index is 4050. The normalized spacial score (nSPS) is 22.6. The lowest BCUT2D eigenvalue weighted by Crippen LogP contribution is -2.28. The first-order valence-electron chi connectivity index (χ1n) is 27.7. The topological polar surface area (TPSA) is 9.23 Å². The van der Waals surface area contributed by atoms with Crippen LogP contribution in [0.3, 0.4) is 0 Å². The van der Waals surface area contributed by atoms with Gasteiger partial charge in [-0.2, -0.15) is 0 Å². The molecule has 2 aliphatic rings. The lowest BCUT2D eigenvalue weighted by atomic mass is 9.67. The van der Waals surface area contributed by atoms with E-state index in [4.69, 9.17) is 22.6 Å². The van der Waals surface area contributed by atoms with Crippen LogP contribution < -0.4 is 4.74 Å². The monoisotopic (exact) mass is 651 g/mol. The van der Waals surface area contributed by atoms with Gasteiger partial charge in [0.2, 0.25) is 0 Å². The summed E-state index contributed by atoms with van der Waals surface area (Å²) in [4.78, 5) is 0. The van der Waals surface area contributed by atoms with Gasteiger partial charge in [0.05, 0.1) is 39.7 Å². The van der Waals surface area contributed by atoms with Crippen molar-refractivity contribution in [2.45, 2.75) is 26.2 Å². The summed E-state index contributed by atoms with van der Waals surface area (Å²) in [7, 11) is 0. The third-order valence-corrected chi connectivity index (χ3v) is 9.28. The molecule has 8 aromatic rings. The van der Waals surface area contributed by atoms with Gasteiger partial charge in [-0.05, 0) is 122 Å². The maximum atomic E-state index is 10.5. The molecule has 1 aliphatic heterocycles. The van der Waals surface area contributed by atoms with Gasteiger partial charge in [-0.3, -0.25) is 0 Å². The largest absolute Gasteiger partial charge is 0.455 e. The summed E-state index contributed by atoms with van der Waals surface area (Å²) < 4.78 is 237. The van der Waals surface area contributed by atoms with E-state index in [1.807, 2.05) is 0 Å². The van der Waals surface area contributed by atoms with Crippen molar-refractivity contribution in [1.29, 1.82) is 0 Å². The van der Waals surface area contributed by atoms with Gasteiger partial charge < -0.3 is 4.74 Å². The number of hydrogen-bond donors (Lipinski definition) is 0. The number of benzene rings is 8. The van der Waals surface area contributed by atoms with E-state index in [0.717, 1.165) is 0 Å². The van der Waals surface area contributed by atoms with Gasteiger partial charge >= 0.3 is 0 Å². The van der Waals surface area contributed by atoms with Gasteiger partial charge in [-0.25, -0.2) is 0 Å². The first-order valence-corrected chi connectivity index (χ1v) is 15.2. The zero-order valence-corrected chi connectivity index (χ0v) is 25.9. The Kier molecular flexibility index (Phi) is 2.70. The second-order valence-electron chi connectivity index (χ2n) is 11.8. The Hall–Kier alpha value is -5.92. The highest BCUT2D eigenvalue weighted by atomic mass is 16.5. The second-order valence-corrected chi connectivity index (χ2v) is 11.8. The smallest absolute Gasteiger partial charge is 0.138 e. The molecule has 0 aromatic heterocycles. The first kappa shape index (κ1) is 12.8. The molecule has 0 amide bonds. The van der Waals surface area contributed by atoms with E-state index < -0.39 is 200 Å². The predicted molar refractivity (Wildman–Crippen MR) is 204 cm³/mol. The Balaban J connectivity index is 1.51. The van der Waals surface area contributed by atoms with Crippen molar-refractivity contribution in [2.75, 3.05) is 0 Å². The highest BCUT2D eigenvalue weighted by Crippen LogP contribution is 2.58. The molecule has 49 heavy (non-hydrogen) atoms. The van der Waals surface area contributed by atoms with Crippen LogP contribution in [-0.4, -0.2) is 0 Å².